The molecular formula is C30H49Cl2N5O7. The van der Waals surface area contributed by atoms with E-state index < -0.39 is 87.4 Å². The molecule has 0 radical (unpaired) electrons. The monoisotopic (exact) mass is 661 g/mol. The van der Waals surface area contributed by atoms with E-state index in [-0.39, 0.29) is 25.3 Å². The number of primary amides is 1. The maximum atomic E-state index is 14.1. The van der Waals surface area contributed by atoms with Crippen molar-refractivity contribution in [1.29, 1.82) is 0 Å². The summed E-state index contributed by atoms with van der Waals surface area (Å²) in [6.45, 7) is 14.1. The second kappa shape index (κ2) is 15.1. The number of esters is 1. The number of amides is 5. The van der Waals surface area contributed by atoms with Gasteiger partial charge in [-0.2, -0.15) is 0 Å². The van der Waals surface area contributed by atoms with Gasteiger partial charge in [0.15, 0.2) is 0 Å². The molecular weight excluding hydrogens is 613 g/mol. The molecule has 5 atom stereocenters. The number of carbonyl (C=O) groups excluding carboxylic acids is 6. The van der Waals surface area contributed by atoms with Crippen LogP contribution in [0, 0.1) is 22.7 Å². The Labute approximate surface area is 270 Å². The highest BCUT2D eigenvalue weighted by molar-refractivity contribution is 6.44. The topological polar surface area (TPSA) is 177 Å². The maximum Gasteiger partial charge on any atom is 0.329 e. The molecule has 1 saturated carbocycles. The van der Waals surface area contributed by atoms with Crippen molar-refractivity contribution < 1.29 is 33.5 Å². The van der Waals surface area contributed by atoms with Gasteiger partial charge in [-0.3, -0.25) is 19.2 Å². The number of ether oxygens (including phenoxy) is 1. The number of halogens is 2. The molecule has 5 N–H and O–H groups in total. The Hall–Kier alpha value is -2.60. The Kier molecular flexibility index (Phi) is 12.9. The normalized spacial score (nSPS) is 21.2. The predicted molar refractivity (Wildman–Crippen MR) is 167 cm³/mol. The van der Waals surface area contributed by atoms with E-state index in [9.17, 15) is 28.8 Å². The lowest BCUT2D eigenvalue weighted by Crippen LogP contribution is -2.62. The Morgan fingerprint density at radius 1 is 0.886 bits per heavy atom. The first-order chi connectivity index (χ1) is 20.1. The van der Waals surface area contributed by atoms with Crippen LogP contribution in [0.15, 0.2) is 0 Å². The van der Waals surface area contributed by atoms with E-state index in [4.69, 9.17) is 33.7 Å². The Morgan fingerprint density at radius 2 is 1.43 bits per heavy atom. The van der Waals surface area contributed by atoms with Gasteiger partial charge in [-0.25, -0.2) is 9.59 Å². The fourth-order valence-corrected chi connectivity index (χ4v) is 5.96. The summed E-state index contributed by atoms with van der Waals surface area (Å²) < 4.78 is 5.33. The molecule has 1 unspecified atom stereocenters. The summed E-state index contributed by atoms with van der Waals surface area (Å²) in [5, 5.41) is 8.00. The molecule has 44 heavy (non-hydrogen) atoms. The summed E-state index contributed by atoms with van der Waals surface area (Å²) in [6, 6.07) is -5.24. The average molecular weight is 663 g/mol. The highest BCUT2D eigenvalue weighted by Crippen LogP contribution is 2.35. The van der Waals surface area contributed by atoms with Crippen molar-refractivity contribution >= 4 is 58.7 Å². The molecule has 250 valence electrons. The van der Waals surface area contributed by atoms with Crippen LogP contribution in [0.25, 0.3) is 0 Å². The van der Waals surface area contributed by atoms with E-state index in [1.165, 1.54) is 4.90 Å². The maximum absolute atomic E-state index is 14.1. The van der Waals surface area contributed by atoms with Crippen LogP contribution in [0.2, 0.25) is 0 Å². The quantitative estimate of drug-likeness (QED) is 0.141. The number of carbonyl (C=O) groups is 6. The molecule has 1 aliphatic heterocycles. The number of hydrogen-bond donors (Lipinski definition) is 4. The summed E-state index contributed by atoms with van der Waals surface area (Å²) in [7, 11) is 0. The molecule has 1 heterocycles. The zero-order valence-corrected chi connectivity index (χ0v) is 28.5. The fourth-order valence-electron chi connectivity index (χ4n) is 5.43. The van der Waals surface area contributed by atoms with Crippen LogP contribution in [0.1, 0.15) is 87.5 Å². The third kappa shape index (κ3) is 9.95. The van der Waals surface area contributed by atoms with Gasteiger partial charge in [0.1, 0.15) is 23.0 Å². The van der Waals surface area contributed by atoms with Crippen molar-refractivity contribution in [3.63, 3.8) is 0 Å². The molecule has 12 nitrogen and oxygen atoms in total. The van der Waals surface area contributed by atoms with Crippen LogP contribution in [0.4, 0.5) is 4.79 Å². The number of Topliss-reactive ketones (excluding diaryl/α,β-unsaturated/α-hetero) is 1. The van der Waals surface area contributed by atoms with Gasteiger partial charge in [0, 0.05) is 12.5 Å². The average Bonchev–Trinajstić information content (AvgIpc) is 3.30. The molecule has 0 aromatic heterocycles. The molecule has 0 bridgehead atoms. The van der Waals surface area contributed by atoms with E-state index in [0.29, 0.717) is 0 Å². The summed E-state index contributed by atoms with van der Waals surface area (Å²) in [5.41, 5.74) is 3.73. The largest absolute Gasteiger partial charge is 0.461 e. The first-order valence-corrected chi connectivity index (χ1v) is 16.0. The van der Waals surface area contributed by atoms with Crippen molar-refractivity contribution in [2.75, 3.05) is 6.54 Å². The third-order valence-electron chi connectivity index (χ3n) is 8.11. The zero-order valence-electron chi connectivity index (χ0n) is 27.0. The second-order valence-corrected chi connectivity index (χ2v) is 15.5. The van der Waals surface area contributed by atoms with Crippen molar-refractivity contribution in [2.45, 2.75) is 123 Å². The third-order valence-corrected chi connectivity index (χ3v) is 8.75. The van der Waals surface area contributed by atoms with E-state index in [0.717, 1.165) is 19.3 Å². The molecule has 0 aromatic rings. The number of alkyl halides is 2. The lowest BCUT2D eigenvalue weighted by atomic mass is 9.80. The Morgan fingerprint density at radius 3 is 1.86 bits per heavy atom. The van der Waals surface area contributed by atoms with E-state index in [1.807, 2.05) is 0 Å². The molecule has 2 aliphatic rings. The van der Waals surface area contributed by atoms with Crippen molar-refractivity contribution in [3.05, 3.63) is 0 Å². The predicted octanol–water partition coefficient (Wildman–Crippen LogP) is 2.82. The number of rotatable bonds is 12. The highest BCUT2D eigenvalue weighted by atomic mass is 35.5. The van der Waals surface area contributed by atoms with Crippen LogP contribution >= 0.6 is 23.2 Å². The number of nitrogens with two attached hydrogens (primary N) is 1. The van der Waals surface area contributed by atoms with Gasteiger partial charge in [-0.05, 0) is 43.4 Å². The Bertz CT molecular complexity index is 1100. The van der Waals surface area contributed by atoms with E-state index in [1.54, 1.807) is 55.4 Å². The lowest BCUT2D eigenvalue weighted by Gasteiger charge is -2.37. The molecule has 14 heteroatoms. The molecule has 5 amide bonds. The molecule has 0 aromatic carbocycles. The van der Waals surface area contributed by atoms with Crippen LogP contribution in [0.3, 0.4) is 0 Å². The smallest absolute Gasteiger partial charge is 0.329 e. The van der Waals surface area contributed by atoms with Crippen LogP contribution in [-0.2, 0) is 28.7 Å². The molecule has 2 fully saturated rings. The van der Waals surface area contributed by atoms with Crippen molar-refractivity contribution in [3.8, 4) is 0 Å². The number of nitrogens with one attached hydrogen (secondary N) is 3. The standard InChI is InChI=1S/C30H49Cl2N5O7/c1-15(2)44-27(42)22(30(6,7)8)36-28(43)35-21(29(3,4)5)26(41)37-13-12-17(23(31)32)19(37)25(40)34-18(20(38)24(33)39)14-16-10-9-11-16/h15-19,21-23H,9-14H2,1-8H3,(H2,33,39)(H,34,40)(H2,35,36,43)/t17-,18?,19-,21+,22+/m0/s1. The van der Waals surface area contributed by atoms with Gasteiger partial charge in [-0.1, -0.05) is 60.8 Å². The lowest BCUT2D eigenvalue weighted by molar-refractivity contribution is -0.152. The SMILES string of the molecule is CC(C)OC(=O)[C@@H](NC(=O)N[C@H](C(=O)N1CC[C@H](C(Cl)Cl)[C@H]1C(=O)NC(CC1CCC1)C(=O)C(N)=O)C(C)(C)C)C(C)(C)C. The van der Waals surface area contributed by atoms with Gasteiger partial charge in [-0.15, -0.1) is 23.2 Å². The first kappa shape index (κ1) is 37.6. The second-order valence-electron chi connectivity index (χ2n) is 14.3. The summed E-state index contributed by atoms with van der Waals surface area (Å²) >= 11 is 12.5. The van der Waals surface area contributed by atoms with E-state index in [2.05, 4.69) is 16.0 Å². The van der Waals surface area contributed by atoms with Gasteiger partial charge < -0.3 is 31.3 Å². The van der Waals surface area contributed by atoms with Crippen LogP contribution in [-0.4, -0.2) is 82.1 Å². The Balaban J connectivity index is 2.33. The van der Waals surface area contributed by atoms with Gasteiger partial charge in [0.2, 0.25) is 17.6 Å². The van der Waals surface area contributed by atoms with Gasteiger partial charge in [0.25, 0.3) is 5.91 Å². The minimum Gasteiger partial charge on any atom is -0.461 e. The molecule has 2 rings (SSSR count). The van der Waals surface area contributed by atoms with Gasteiger partial charge >= 0.3 is 12.0 Å². The molecule has 1 saturated heterocycles. The fraction of sp³-hybridized carbons (Fsp3) is 0.800. The highest BCUT2D eigenvalue weighted by Gasteiger charge is 2.49. The van der Waals surface area contributed by atoms with Crippen molar-refractivity contribution in [2.24, 2.45) is 28.4 Å². The van der Waals surface area contributed by atoms with Crippen molar-refractivity contribution in [1.82, 2.24) is 20.9 Å². The van der Waals surface area contributed by atoms with Gasteiger partial charge in [0.05, 0.1) is 12.1 Å². The zero-order chi connectivity index (χ0) is 33.7. The minimum absolute atomic E-state index is 0.107. The summed E-state index contributed by atoms with van der Waals surface area (Å²) in [6.07, 6.45) is 2.87. The number of nitrogens with zero attached hydrogens (tertiary/aromatic N) is 1. The van der Waals surface area contributed by atoms with Crippen LogP contribution < -0.4 is 21.7 Å². The first-order valence-electron chi connectivity index (χ1n) is 15.1. The molecule has 0 spiro atoms. The molecule has 1 aliphatic carbocycles. The van der Waals surface area contributed by atoms with E-state index >= 15 is 0 Å². The van der Waals surface area contributed by atoms with Crippen LogP contribution in [0.5, 0.6) is 0 Å². The summed E-state index contributed by atoms with van der Waals surface area (Å²) in [5.74, 6) is -4.46. The minimum atomic E-state index is -1.18. The number of likely N-dealkylation sites (tertiary alicyclic amines) is 1. The summed E-state index contributed by atoms with van der Waals surface area (Å²) in [4.78, 5) is 78.6. The number of urea groups is 1. The number of hydrogen-bond acceptors (Lipinski definition) is 7. The number of ketones is 1.